The molecule has 0 aromatic heterocycles. The highest BCUT2D eigenvalue weighted by atomic mass is 16.6. The molecule has 3 aliphatic heterocycles. The minimum absolute atomic E-state index is 0.146. The van der Waals surface area contributed by atoms with E-state index in [1.54, 1.807) is 24.0 Å². The molecule has 5 rings (SSSR count). The van der Waals surface area contributed by atoms with Gasteiger partial charge in [0.25, 0.3) is 0 Å². The van der Waals surface area contributed by atoms with Crippen LogP contribution in [0.4, 0.5) is 0 Å². The fourth-order valence-electron chi connectivity index (χ4n) is 7.49. The third-order valence-electron chi connectivity index (χ3n) is 9.53. The van der Waals surface area contributed by atoms with Crippen molar-refractivity contribution in [3.63, 3.8) is 0 Å². The fraction of sp³-hybridized carbons (Fsp3) is 0.459. The van der Waals surface area contributed by atoms with Gasteiger partial charge in [-0.25, -0.2) is 0 Å². The van der Waals surface area contributed by atoms with Crippen LogP contribution in [0.1, 0.15) is 56.3 Å². The van der Waals surface area contributed by atoms with E-state index in [0.29, 0.717) is 31.4 Å². The molecular formula is C37H45N3O7. The first-order valence-corrected chi connectivity index (χ1v) is 16.4. The molecule has 1 spiro atoms. The van der Waals surface area contributed by atoms with E-state index in [2.05, 4.69) is 18.5 Å². The van der Waals surface area contributed by atoms with Gasteiger partial charge in [0.05, 0.1) is 24.0 Å². The minimum atomic E-state index is -1.21. The quantitative estimate of drug-likeness (QED) is 0.211. The number of fused-ring (bicyclic) bond motifs is 1. The van der Waals surface area contributed by atoms with Crippen LogP contribution in [0.5, 0.6) is 0 Å². The summed E-state index contributed by atoms with van der Waals surface area (Å²) < 4.78 is 12.8. The van der Waals surface area contributed by atoms with Crippen molar-refractivity contribution in [2.24, 2.45) is 11.8 Å². The van der Waals surface area contributed by atoms with Gasteiger partial charge in [0.15, 0.2) is 0 Å². The highest BCUT2D eigenvalue weighted by Gasteiger charge is 2.75. The smallest absolute Gasteiger partial charge is 0.313 e. The van der Waals surface area contributed by atoms with Crippen LogP contribution in [0, 0.1) is 11.8 Å². The van der Waals surface area contributed by atoms with Crippen LogP contribution >= 0.6 is 0 Å². The van der Waals surface area contributed by atoms with E-state index >= 15 is 0 Å². The summed E-state index contributed by atoms with van der Waals surface area (Å²) in [6, 6.07) is 17.2. The third kappa shape index (κ3) is 6.89. The number of carbonyl (C=O) groups is 4. The number of aliphatic hydroxyl groups is 1. The second-order valence-electron chi connectivity index (χ2n) is 12.6. The number of rotatable bonds is 16. The second kappa shape index (κ2) is 15.1. The zero-order chi connectivity index (χ0) is 33.6. The Hall–Kier alpha value is -4.28. The van der Waals surface area contributed by atoms with Crippen molar-refractivity contribution in [1.29, 1.82) is 0 Å². The number of aliphatic hydroxyl groups excluding tert-OH is 1. The number of hydrogen-bond donors (Lipinski definition) is 2. The van der Waals surface area contributed by atoms with Crippen molar-refractivity contribution in [2.75, 3.05) is 19.7 Å². The Bertz CT molecular complexity index is 1450. The highest BCUT2D eigenvalue weighted by Crippen LogP contribution is 2.59. The molecule has 7 atom stereocenters. The van der Waals surface area contributed by atoms with E-state index in [4.69, 9.17) is 9.47 Å². The van der Waals surface area contributed by atoms with Crippen LogP contribution in [-0.2, 0) is 35.2 Å². The molecule has 2 aromatic rings. The van der Waals surface area contributed by atoms with Crippen LogP contribution in [-0.4, -0.2) is 82.1 Å². The normalized spacial score (nSPS) is 25.5. The van der Waals surface area contributed by atoms with Gasteiger partial charge in [-0.05, 0) is 43.7 Å². The van der Waals surface area contributed by atoms with Gasteiger partial charge in [0, 0.05) is 32.7 Å². The monoisotopic (exact) mass is 643 g/mol. The molecule has 3 fully saturated rings. The lowest BCUT2D eigenvalue weighted by Gasteiger charge is -2.37. The molecule has 47 heavy (non-hydrogen) atoms. The molecule has 10 heteroatoms. The molecule has 2 N–H and O–H groups in total. The second-order valence-corrected chi connectivity index (χ2v) is 12.6. The Morgan fingerprint density at radius 1 is 1.13 bits per heavy atom. The molecular weight excluding hydrogens is 598 g/mol. The molecule has 0 aliphatic carbocycles. The van der Waals surface area contributed by atoms with Gasteiger partial charge in [-0.1, -0.05) is 72.8 Å². The topological polar surface area (TPSA) is 125 Å². The first-order valence-electron chi connectivity index (χ1n) is 16.4. The predicted molar refractivity (Wildman–Crippen MR) is 175 cm³/mol. The van der Waals surface area contributed by atoms with Gasteiger partial charge in [0.2, 0.25) is 17.7 Å². The van der Waals surface area contributed by atoms with Crippen LogP contribution in [0.2, 0.25) is 0 Å². The van der Waals surface area contributed by atoms with Gasteiger partial charge in [-0.2, -0.15) is 0 Å². The average molecular weight is 644 g/mol. The Morgan fingerprint density at radius 2 is 1.83 bits per heavy atom. The van der Waals surface area contributed by atoms with Crippen LogP contribution in [0.25, 0.3) is 0 Å². The first-order chi connectivity index (χ1) is 22.7. The number of nitrogens with one attached hydrogen (secondary N) is 1. The number of benzene rings is 2. The summed E-state index contributed by atoms with van der Waals surface area (Å²) in [6.07, 6.45) is 3.89. The summed E-state index contributed by atoms with van der Waals surface area (Å²) in [5, 5.41) is 12.6. The summed E-state index contributed by atoms with van der Waals surface area (Å²) in [5.74, 6) is -3.27. The lowest BCUT2D eigenvalue weighted by molar-refractivity contribution is -0.162. The molecule has 0 unspecified atom stereocenters. The molecule has 3 aliphatic rings. The maximum Gasteiger partial charge on any atom is 0.313 e. The first kappa shape index (κ1) is 34.1. The molecule has 3 amide bonds. The number of allylic oxidation sites excluding steroid dienone is 1. The number of amides is 3. The maximum absolute atomic E-state index is 14.5. The number of nitrogens with zero attached hydrogens (tertiary/aromatic N) is 2. The van der Waals surface area contributed by atoms with Crippen molar-refractivity contribution >= 4 is 23.7 Å². The Morgan fingerprint density at radius 3 is 2.49 bits per heavy atom. The minimum Gasteiger partial charge on any atom is -0.455 e. The molecule has 0 saturated carbocycles. The van der Waals surface area contributed by atoms with Crippen molar-refractivity contribution in [3.05, 3.63) is 97.1 Å². The summed E-state index contributed by atoms with van der Waals surface area (Å²) in [7, 11) is 0. The van der Waals surface area contributed by atoms with E-state index in [1.165, 1.54) is 4.90 Å². The average Bonchev–Trinajstić information content (AvgIpc) is 3.72. The number of esters is 1. The third-order valence-corrected chi connectivity index (χ3v) is 9.53. The van der Waals surface area contributed by atoms with Gasteiger partial charge in [0.1, 0.15) is 17.7 Å². The molecule has 10 nitrogen and oxygen atoms in total. The summed E-state index contributed by atoms with van der Waals surface area (Å²) in [6.45, 7) is 9.86. The zero-order valence-corrected chi connectivity index (χ0v) is 27.0. The molecule has 2 bridgehead atoms. The van der Waals surface area contributed by atoms with Gasteiger partial charge in [-0.15, -0.1) is 13.2 Å². The summed E-state index contributed by atoms with van der Waals surface area (Å²) in [5.41, 5.74) is 0.423. The number of ether oxygens (including phenoxy) is 2. The predicted octanol–water partition coefficient (Wildman–Crippen LogP) is 3.71. The van der Waals surface area contributed by atoms with E-state index in [-0.39, 0.29) is 50.3 Å². The molecule has 2 aromatic carbocycles. The van der Waals surface area contributed by atoms with E-state index < -0.39 is 47.7 Å². The fourth-order valence-corrected chi connectivity index (χ4v) is 7.49. The number of likely N-dealkylation sites (tertiary alicyclic amines) is 1. The van der Waals surface area contributed by atoms with Crippen molar-refractivity contribution in [3.8, 4) is 0 Å². The highest BCUT2D eigenvalue weighted by molar-refractivity contribution is 5.98. The molecule has 0 radical (unpaired) electrons. The number of carbonyl (C=O) groups excluding carboxylic acids is 4. The Kier molecular flexibility index (Phi) is 10.9. The van der Waals surface area contributed by atoms with Gasteiger partial charge >= 0.3 is 5.97 Å². The largest absolute Gasteiger partial charge is 0.455 e. The van der Waals surface area contributed by atoms with E-state index in [0.717, 1.165) is 5.56 Å². The Balaban J connectivity index is 1.44. The van der Waals surface area contributed by atoms with Crippen LogP contribution in [0.15, 0.2) is 86.0 Å². The van der Waals surface area contributed by atoms with Gasteiger partial charge in [-0.3, -0.25) is 19.2 Å². The molecule has 3 saturated heterocycles. The number of hydrogen-bond acceptors (Lipinski definition) is 7. The summed E-state index contributed by atoms with van der Waals surface area (Å²) in [4.78, 5) is 58.7. The van der Waals surface area contributed by atoms with Crippen molar-refractivity contribution in [1.82, 2.24) is 15.1 Å². The van der Waals surface area contributed by atoms with Crippen LogP contribution < -0.4 is 5.32 Å². The maximum atomic E-state index is 14.5. The Labute approximate surface area is 276 Å². The zero-order valence-electron chi connectivity index (χ0n) is 27.0. The summed E-state index contributed by atoms with van der Waals surface area (Å²) >= 11 is 0. The van der Waals surface area contributed by atoms with Gasteiger partial charge < -0.3 is 29.7 Å². The van der Waals surface area contributed by atoms with E-state index in [9.17, 15) is 24.3 Å². The van der Waals surface area contributed by atoms with E-state index in [1.807, 2.05) is 60.7 Å². The van der Waals surface area contributed by atoms with Crippen molar-refractivity contribution < 1.29 is 33.8 Å². The molecule has 3 heterocycles. The molecule has 250 valence electrons. The standard InChI is InChI=1S/C37H45N3O7/c1-4-6-18-29(42)38-25(3)32(27-16-11-8-12-17-27)46-36(45)30-28-19-20-37(47-28)31(30)34(43)40(22-13-23-41)33(37)35(44)39(21-5-2)24-26-14-9-7-10-15-26/h4-5,7-12,14-17,25,28,30-33,41H,1-2,6,13,18-24H2,3H3,(H,38,42)/t25-,28+,30-,31-,32-,33+,37-/m0/s1. The SMILES string of the molecule is C=CCCC(=O)N[C@@H](C)[C@H](OC(=O)[C@@H]1[C@H]2C(=O)N(CCCO)[C@H](C(=O)N(CC=C)Cc3ccccc3)[C@]23CC[C@H]1O3)c1ccccc1. The lowest BCUT2D eigenvalue weighted by Crippen LogP contribution is -2.56. The van der Waals surface area contributed by atoms with Crippen molar-refractivity contribution in [2.45, 2.75) is 75.5 Å². The van der Waals surface area contributed by atoms with Crippen LogP contribution in [0.3, 0.4) is 0 Å². The lowest BCUT2D eigenvalue weighted by atomic mass is 9.70.